The van der Waals surface area contributed by atoms with Crippen molar-refractivity contribution in [2.24, 2.45) is 5.84 Å². The molecule has 0 spiro atoms. The van der Waals surface area contributed by atoms with Crippen LogP contribution >= 0.6 is 0 Å². The van der Waals surface area contributed by atoms with Gasteiger partial charge in [0, 0.05) is 18.2 Å². The summed E-state index contributed by atoms with van der Waals surface area (Å²) in [5.74, 6) is 7.47. The van der Waals surface area contributed by atoms with E-state index in [1.807, 2.05) is 13.0 Å². The van der Waals surface area contributed by atoms with E-state index in [-0.39, 0.29) is 6.04 Å². The minimum absolute atomic E-state index is 0.185. The Balaban J connectivity index is 3.15. The van der Waals surface area contributed by atoms with Crippen molar-refractivity contribution < 1.29 is 18.9 Å². The van der Waals surface area contributed by atoms with Gasteiger partial charge < -0.3 is 18.9 Å². The molecule has 19 heavy (non-hydrogen) atoms. The highest BCUT2D eigenvalue weighted by molar-refractivity contribution is 5.51. The molecule has 0 aromatic heterocycles. The van der Waals surface area contributed by atoms with Crippen LogP contribution in [0.25, 0.3) is 0 Å². The zero-order chi connectivity index (χ0) is 14.3. The maximum absolute atomic E-state index is 5.57. The zero-order valence-electron chi connectivity index (χ0n) is 11.9. The molecule has 0 bridgehead atoms. The van der Waals surface area contributed by atoms with Gasteiger partial charge in [-0.05, 0) is 13.0 Å². The maximum Gasteiger partial charge on any atom is 0.164 e. The van der Waals surface area contributed by atoms with E-state index in [0.29, 0.717) is 30.5 Å². The second-order valence-corrected chi connectivity index (χ2v) is 3.83. The Labute approximate surface area is 113 Å². The van der Waals surface area contributed by atoms with Crippen molar-refractivity contribution in [1.29, 1.82) is 0 Å². The van der Waals surface area contributed by atoms with Gasteiger partial charge in [0.15, 0.2) is 11.5 Å². The van der Waals surface area contributed by atoms with Gasteiger partial charge in [-0.15, -0.1) is 0 Å². The van der Waals surface area contributed by atoms with Crippen LogP contribution in [0, 0.1) is 0 Å². The van der Waals surface area contributed by atoms with E-state index >= 15 is 0 Å². The van der Waals surface area contributed by atoms with Crippen molar-refractivity contribution in [1.82, 2.24) is 5.43 Å². The van der Waals surface area contributed by atoms with Crippen molar-refractivity contribution in [3.05, 3.63) is 17.7 Å². The molecular weight excluding hydrogens is 248 g/mol. The number of hydrogen-bond acceptors (Lipinski definition) is 6. The van der Waals surface area contributed by atoms with E-state index < -0.39 is 0 Å². The molecule has 1 rings (SSSR count). The van der Waals surface area contributed by atoms with Crippen molar-refractivity contribution in [2.75, 3.05) is 34.5 Å². The summed E-state index contributed by atoms with van der Waals surface area (Å²) in [6.07, 6.45) is 0. The molecule has 0 fully saturated rings. The van der Waals surface area contributed by atoms with Crippen LogP contribution in [-0.2, 0) is 4.74 Å². The van der Waals surface area contributed by atoms with E-state index in [1.54, 1.807) is 27.4 Å². The van der Waals surface area contributed by atoms with Gasteiger partial charge >= 0.3 is 0 Å². The number of rotatable bonds is 8. The topological polar surface area (TPSA) is 75.0 Å². The molecule has 0 saturated heterocycles. The van der Waals surface area contributed by atoms with Gasteiger partial charge in [-0.25, -0.2) is 0 Å². The van der Waals surface area contributed by atoms with Gasteiger partial charge in [0.1, 0.15) is 5.75 Å². The van der Waals surface area contributed by atoms with E-state index in [1.165, 1.54) is 0 Å². The SMILES string of the molecule is CCOCC(NN)c1cc(OC)c(OC)cc1OC. The number of nitrogens with one attached hydrogen (secondary N) is 1. The van der Waals surface area contributed by atoms with Gasteiger partial charge in [-0.1, -0.05) is 0 Å². The van der Waals surface area contributed by atoms with Gasteiger partial charge in [-0.2, -0.15) is 0 Å². The predicted molar refractivity (Wildman–Crippen MR) is 72.7 cm³/mol. The molecule has 1 aromatic carbocycles. The first kappa shape index (κ1) is 15.6. The number of benzene rings is 1. The van der Waals surface area contributed by atoms with Crippen LogP contribution in [0.3, 0.4) is 0 Å². The van der Waals surface area contributed by atoms with Gasteiger partial charge in [0.25, 0.3) is 0 Å². The molecule has 0 radical (unpaired) electrons. The molecule has 0 aliphatic rings. The number of nitrogens with two attached hydrogens (primary N) is 1. The lowest BCUT2D eigenvalue weighted by molar-refractivity contribution is 0.122. The van der Waals surface area contributed by atoms with Crippen LogP contribution < -0.4 is 25.5 Å². The fraction of sp³-hybridized carbons (Fsp3) is 0.538. The molecule has 0 heterocycles. The second-order valence-electron chi connectivity index (χ2n) is 3.83. The molecule has 108 valence electrons. The third kappa shape index (κ3) is 3.73. The predicted octanol–water partition coefficient (Wildman–Crippen LogP) is 1.25. The molecule has 0 aliphatic heterocycles. The molecule has 0 aliphatic carbocycles. The smallest absolute Gasteiger partial charge is 0.164 e. The lowest BCUT2D eigenvalue weighted by Crippen LogP contribution is -2.31. The largest absolute Gasteiger partial charge is 0.496 e. The van der Waals surface area contributed by atoms with E-state index in [0.717, 1.165) is 5.56 Å². The van der Waals surface area contributed by atoms with E-state index in [4.69, 9.17) is 24.8 Å². The highest BCUT2D eigenvalue weighted by Crippen LogP contribution is 2.37. The minimum Gasteiger partial charge on any atom is -0.496 e. The van der Waals surface area contributed by atoms with Crippen LogP contribution in [0.4, 0.5) is 0 Å². The van der Waals surface area contributed by atoms with Crippen LogP contribution in [0.1, 0.15) is 18.5 Å². The average Bonchev–Trinajstić information content (AvgIpc) is 2.47. The normalized spacial score (nSPS) is 12.1. The van der Waals surface area contributed by atoms with Gasteiger partial charge in [0.2, 0.25) is 0 Å². The molecule has 6 nitrogen and oxygen atoms in total. The standard InChI is InChI=1S/C13H22N2O4/c1-5-19-8-10(15-14)9-6-12(17-3)13(18-4)7-11(9)16-2/h6-7,10,15H,5,8,14H2,1-4H3. The summed E-state index contributed by atoms with van der Waals surface area (Å²) in [5, 5.41) is 0. The van der Waals surface area contributed by atoms with Gasteiger partial charge in [0.05, 0.1) is 34.0 Å². The summed E-state index contributed by atoms with van der Waals surface area (Å²) in [4.78, 5) is 0. The number of ether oxygens (including phenoxy) is 4. The lowest BCUT2D eigenvalue weighted by atomic mass is 10.1. The average molecular weight is 270 g/mol. The summed E-state index contributed by atoms with van der Waals surface area (Å²) in [5.41, 5.74) is 3.57. The first-order chi connectivity index (χ1) is 9.21. The van der Waals surface area contributed by atoms with Gasteiger partial charge in [-0.3, -0.25) is 11.3 Å². The second kappa shape index (κ2) is 7.83. The van der Waals surface area contributed by atoms with Crippen molar-refractivity contribution in [3.8, 4) is 17.2 Å². The highest BCUT2D eigenvalue weighted by atomic mass is 16.5. The van der Waals surface area contributed by atoms with Crippen LogP contribution in [0.5, 0.6) is 17.2 Å². The summed E-state index contributed by atoms with van der Waals surface area (Å²) in [6, 6.07) is 3.42. The quantitative estimate of drug-likeness (QED) is 0.547. The molecule has 1 atom stereocenters. The zero-order valence-corrected chi connectivity index (χ0v) is 11.9. The van der Waals surface area contributed by atoms with Crippen LogP contribution in [0.2, 0.25) is 0 Å². The first-order valence-corrected chi connectivity index (χ1v) is 6.05. The van der Waals surface area contributed by atoms with Crippen molar-refractivity contribution >= 4 is 0 Å². The summed E-state index contributed by atoms with van der Waals surface area (Å²) in [6.45, 7) is 2.99. The Morgan fingerprint density at radius 3 is 2.11 bits per heavy atom. The van der Waals surface area contributed by atoms with Crippen molar-refractivity contribution in [2.45, 2.75) is 13.0 Å². The van der Waals surface area contributed by atoms with Crippen LogP contribution in [0.15, 0.2) is 12.1 Å². The Morgan fingerprint density at radius 1 is 1.05 bits per heavy atom. The number of hydrogen-bond donors (Lipinski definition) is 2. The lowest BCUT2D eigenvalue weighted by Gasteiger charge is -2.20. The van der Waals surface area contributed by atoms with Crippen LogP contribution in [-0.4, -0.2) is 34.5 Å². The molecule has 3 N–H and O–H groups in total. The fourth-order valence-corrected chi connectivity index (χ4v) is 1.79. The molecule has 6 heteroatoms. The van der Waals surface area contributed by atoms with E-state index in [9.17, 15) is 0 Å². The monoisotopic (exact) mass is 270 g/mol. The summed E-state index contributed by atoms with van der Waals surface area (Å²) < 4.78 is 21.3. The Bertz CT molecular complexity index is 398. The summed E-state index contributed by atoms with van der Waals surface area (Å²) >= 11 is 0. The third-order valence-electron chi connectivity index (χ3n) is 2.80. The van der Waals surface area contributed by atoms with Crippen molar-refractivity contribution in [3.63, 3.8) is 0 Å². The summed E-state index contributed by atoms with van der Waals surface area (Å²) in [7, 11) is 4.76. The minimum atomic E-state index is -0.185. The molecule has 0 amide bonds. The maximum atomic E-state index is 5.57. The number of methoxy groups -OCH3 is 3. The Morgan fingerprint density at radius 2 is 1.63 bits per heavy atom. The molecule has 0 saturated carbocycles. The number of hydrazine groups is 1. The molecule has 1 aromatic rings. The van der Waals surface area contributed by atoms with E-state index in [2.05, 4.69) is 5.43 Å². The first-order valence-electron chi connectivity index (χ1n) is 6.05. The Kier molecular flexibility index (Phi) is 6.41. The Hall–Kier alpha value is -1.50. The molecule has 1 unspecified atom stereocenters. The fourth-order valence-electron chi connectivity index (χ4n) is 1.79. The molecular formula is C13H22N2O4. The highest BCUT2D eigenvalue weighted by Gasteiger charge is 2.19. The third-order valence-corrected chi connectivity index (χ3v) is 2.80.